The van der Waals surface area contributed by atoms with Crippen molar-refractivity contribution in [2.75, 3.05) is 45.2 Å². The number of aryl methyl sites for hydroxylation is 1. The highest BCUT2D eigenvalue weighted by molar-refractivity contribution is 5.95. The van der Waals surface area contributed by atoms with Gasteiger partial charge >= 0.3 is 0 Å². The van der Waals surface area contributed by atoms with E-state index >= 15 is 0 Å². The van der Waals surface area contributed by atoms with Gasteiger partial charge in [0.1, 0.15) is 0 Å². The van der Waals surface area contributed by atoms with Crippen molar-refractivity contribution in [1.82, 2.24) is 15.1 Å². The summed E-state index contributed by atoms with van der Waals surface area (Å²) in [6.07, 6.45) is 3.28. The summed E-state index contributed by atoms with van der Waals surface area (Å²) in [5.74, 6) is -0.235. The molecule has 1 fully saturated rings. The van der Waals surface area contributed by atoms with Gasteiger partial charge in [0.2, 0.25) is 17.7 Å². The molecule has 8 nitrogen and oxygen atoms in total. The van der Waals surface area contributed by atoms with E-state index in [9.17, 15) is 14.4 Å². The lowest BCUT2D eigenvalue weighted by atomic mass is 9.95. The number of nitrogens with one attached hydrogen (secondary N) is 2. The van der Waals surface area contributed by atoms with Crippen molar-refractivity contribution in [1.29, 1.82) is 0 Å². The summed E-state index contributed by atoms with van der Waals surface area (Å²) in [4.78, 5) is 41.5. The molecule has 0 bridgehead atoms. The van der Waals surface area contributed by atoms with Crippen LogP contribution in [0.4, 0.5) is 5.69 Å². The van der Waals surface area contributed by atoms with Gasteiger partial charge in [-0.2, -0.15) is 0 Å². The minimum atomic E-state index is -0.335. The number of anilines is 1. The first kappa shape index (κ1) is 27.8. The van der Waals surface area contributed by atoms with Crippen molar-refractivity contribution in [2.45, 2.75) is 65.5 Å². The van der Waals surface area contributed by atoms with Gasteiger partial charge in [-0.05, 0) is 71.2 Å². The number of hydrogen-bond donors (Lipinski definition) is 2. The Hall–Kier alpha value is -2.45. The number of rotatable bonds is 12. The Kier molecular flexibility index (Phi) is 11.5. The number of nitrogens with zero attached hydrogens (tertiary/aromatic N) is 2. The van der Waals surface area contributed by atoms with Crippen LogP contribution in [0.2, 0.25) is 0 Å². The SMILES string of the molecule is CCc1ccccc1NC(=O)CN(C)C(=O)C(C)N1CCC(C(=O)NCCCOC(C)C)CC1. The van der Waals surface area contributed by atoms with Gasteiger partial charge in [-0.1, -0.05) is 25.1 Å². The van der Waals surface area contributed by atoms with E-state index < -0.39 is 0 Å². The first-order valence-corrected chi connectivity index (χ1v) is 12.5. The second-order valence-corrected chi connectivity index (χ2v) is 9.30. The van der Waals surface area contributed by atoms with E-state index in [-0.39, 0.29) is 42.3 Å². The molecule has 1 unspecified atom stereocenters. The molecule has 1 aromatic carbocycles. The summed E-state index contributed by atoms with van der Waals surface area (Å²) in [7, 11) is 1.66. The monoisotopic (exact) mass is 474 g/mol. The molecule has 0 aromatic heterocycles. The van der Waals surface area contributed by atoms with Crippen LogP contribution in [0.3, 0.4) is 0 Å². The highest BCUT2D eigenvalue weighted by Gasteiger charge is 2.31. The van der Waals surface area contributed by atoms with E-state index in [1.807, 2.05) is 52.0 Å². The van der Waals surface area contributed by atoms with Crippen LogP contribution in [0.15, 0.2) is 24.3 Å². The van der Waals surface area contributed by atoms with Crippen LogP contribution in [0.1, 0.15) is 52.5 Å². The lowest BCUT2D eigenvalue weighted by Crippen LogP contribution is -2.51. The molecule has 190 valence electrons. The third-order valence-corrected chi connectivity index (χ3v) is 6.31. The van der Waals surface area contributed by atoms with Gasteiger partial charge in [-0.3, -0.25) is 19.3 Å². The molecule has 2 N–H and O–H groups in total. The zero-order chi connectivity index (χ0) is 25.1. The molecule has 3 amide bonds. The maximum atomic E-state index is 12.9. The second kappa shape index (κ2) is 14.1. The van der Waals surface area contributed by atoms with Crippen molar-refractivity contribution in [3.8, 4) is 0 Å². The molecule has 1 atom stereocenters. The standard InChI is InChI=1S/C26H42N4O4/c1-6-21-10-7-8-11-23(21)28-24(31)18-29(5)26(33)20(4)30-15-12-22(13-16-30)25(32)27-14-9-17-34-19(2)3/h7-8,10-11,19-20,22H,6,9,12-18H2,1-5H3,(H,27,32)(H,28,31). The third-order valence-electron chi connectivity index (χ3n) is 6.31. The molecular formula is C26H42N4O4. The van der Waals surface area contributed by atoms with E-state index in [0.29, 0.717) is 26.2 Å². The Bertz CT molecular complexity index is 806. The van der Waals surface area contributed by atoms with Crippen LogP contribution in [0.5, 0.6) is 0 Å². The summed E-state index contributed by atoms with van der Waals surface area (Å²) in [6.45, 7) is 10.5. The van der Waals surface area contributed by atoms with Gasteiger partial charge in [-0.25, -0.2) is 0 Å². The van der Waals surface area contributed by atoms with E-state index in [2.05, 4.69) is 15.5 Å². The smallest absolute Gasteiger partial charge is 0.243 e. The van der Waals surface area contributed by atoms with Crippen molar-refractivity contribution >= 4 is 23.4 Å². The highest BCUT2D eigenvalue weighted by Crippen LogP contribution is 2.20. The second-order valence-electron chi connectivity index (χ2n) is 9.30. The zero-order valence-electron chi connectivity index (χ0n) is 21.4. The van der Waals surface area contributed by atoms with E-state index in [1.54, 1.807) is 7.05 Å². The number of likely N-dealkylation sites (tertiary alicyclic amines) is 1. The Morgan fingerprint density at radius 1 is 1.15 bits per heavy atom. The number of carbonyl (C=O) groups excluding carboxylic acids is 3. The van der Waals surface area contributed by atoms with Crippen LogP contribution < -0.4 is 10.6 Å². The molecule has 1 heterocycles. The van der Waals surface area contributed by atoms with Crippen LogP contribution in [0, 0.1) is 5.92 Å². The molecule has 1 aromatic rings. The fourth-order valence-corrected chi connectivity index (χ4v) is 4.20. The molecular weight excluding hydrogens is 432 g/mol. The van der Waals surface area contributed by atoms with Crippen LogP contribution in [-0.4, -0.2) is 79.5 Å². The Morgan fingerprint density at radius 2 is 1.82 bits per heavy atom. The molecule has 8 heteroatoms. The normalized spacial score (nSPS) is 15.7. The summed E-state index contributed by atoms with van der Waals surface area (Å²) in [5, 5.41) is 5.92. The molecule has 0 spiro atoms. The van der Waals surface area contributed by atoms with Crippen LogP contribution in [0.25, 0.3) is 0 Å². The van der Waals surface area contributed by atoms with Gasteiger partial charge in [0, 0.05) is 31.8 Å². The van der Waals surface area contributed by atoms with Gasteiger partial charge in [0.25, 0.3) is 0 Å². The van der Waals surface area contributed by atoms with Crippen molar-refractivity contribution < 1.29 is 19.1 Å². The van der Waals surface area contributed by atoms with Crippen molar-refractivity contribution in [3.05, 3.63) is 29.8 Å². The third kappa shape index (κ3) is 8.72. The number of carbonyl (C=O) groups is 3. The molecule has 1 aliphatic heterocycles. The van der Waals surface area contributed by atoms with Gasteiger partial charge in [0.15, 0.2) is 0 Å². The van der Waals surface area contributed by atoms with E-state index in [1.165, 1.54) is 4.90 Å². The average Bonchev–Trinajstić information content (AvgIpc) is 2.82. The maximum absolute atomic E-state index is 12.9. The molecule has 1 saturated heterocycles. The summed E-state index contributed by atoms with van der Waals surface area (Å²) in [6, 6.07) is 7.36. The van der Waals surface area contributed by atoms with Gasteiger partial charge < -0.3 is 20.3 Å². The number of likely N-dealkylation sites (N-methyl/N-ethyl adjacent to an activating group) is 1. The molecule has 0 aliphatic carbocycles. The van der Waals surface area contributed by atoms with Gasteiger partial charge in [-0.15, -0.1) is 0 Å². The first-order valence-electron chi connectivity index (χ1n) is 12.5. The summed E-state index contributed by atoms with van der Waals surface area (Å²) >= 11 is 0. The largest absolute Gasteiger partial charge is 0.379 e. The quantitative estimate of drug-likeness (QED) is 0.455. The fourth-order valence-electron chi connectivity index (χ4n) is 4.20. The maximum Gasteiger partial charge on any atom is 0.243 e. The number of piperidine rings is 1. The summed E-state index contributed by atoms with van der Waals surface area (Å²) < 4.78 is 5.50. The molecule has 34 heavy (non-hydrogen) atoms. The number of ether oxygens (including phenoxy) is 1. The fraction of sp³-hybridized carbons (Fsp3) is 0.654. The molecule has 0 saturated carbocycles. The predicted molar refractivity (Wildman–Crippen MR) is 135 cm³/mol. The van der Waals surface area contributed by atoms with Crippen LogP contribution >= 0.6 is 0 Å². The lowest BCUT2D eigenvalue weighted by molar-refractivity contribution is -0.138. The highest BCUT2D eigenvalue weighted by atomic mass is 16.5. The number of hydrogen-bond acceptors (Lipinski definition) is 5. The van der Waals surface area contributed by atoms with Crippen molar-refractivity contribution in [2.24, 2.45) is 5.92 Å². The predicted octanol–water partition coefficient (Wildman–Crippen LogP) is 2.68. The zero-order valence-corrected chi connectivity index (χ0v) is 21.4. The first-order chi connectivity index (χ1) is 16.2. The minimum Gasteiger partial charge on any atom is -0.379 e. The average molecular weight is 475 g/mol. The number of benzene rings is 1. The van der Waals surface area contributed by atoms with Crippen molar-refractivity contribution in [3.63, 3.8) is 0 Å². The van der Waals surface area contributed by atoms with E-state index in [0.717, 1.165) is 36.9 Å². The Labute approximate surface area is 204 Å². The van der Waals surface area contributed by atoms with Gasteiger partial charge in [0.05, 0.1) is 18.7 Å². The Morgan fingerprint density at radius 3 is 2.47 bits per heavy atom. The minimum absolute atomic E-state index is 0.000611. The summed E-state index contributed by atoms with van der Waals surface area (Å²) in [5.41, 5.74) is 1.85. The molecule has 0 radical (unpaired) electrons. The lowest BCUT2D eigenvalue weighted by Gasteiger charge is -2.36. The number of amides is 3. The molecule has 2 rings (SSSR count). The topological polar surface area (TPSA) is 91.0 Å². The van der Waals surface area contributed by atoms with Crippen LogP contribution in [-0.2, 0) is 25.5 Å². The number of para-hydroxylation sites is 1. The Balaban J connectivity index is 1.74. The van der Waals surface area contributed by atoms with E-state index in [4.69, 9.17) is 4.74 Å². The molecule has 1 aliphatic rings.